The molecule has 4 aromatic carbocycles. The van der Waals surface area contributed by atoms with Crippen molar-refractivity contribution in [1.29, 1.82) is 0 Å². The highest BCUT2D eigenvalue weighted by atomic mass is 32.2. The maximum absolute atomic E-state index is 13.2. The number of amides is 1. The van der Waals surface area contributed by atoms with E-state index in [1.807, 2.05) is 60.7 Å². The minimum absolute atomic E-state index is 0.0964. The van der Waals surface area contributed by atoms with Crippen LogP contribution in [0.4, 0.5) is 5.69 Å². The van der Waals surface area contributed by atoms with Crippen molar-refractivity contribution in [3.63, 3.8) is 0 Å². The van der Waals surface area contributed by atoms with E-state index in [4.69, 9.17) is 4.74 Å². The minimum Gasteiger partial charge on any atom is -0.457 e. The third-order valence-electron chi connectivity index (χ3n) is 5.03. The highest BCUT2D eigenvalue weighted by molar-refractivity contribution is 7.89. The second-order valence-electron chi connectivity index (χ2n) is 7.61. The first-order valence-electron chi connectivity index (χ1n) is 10.7. The van der Waals surface area contributed by atoms with Crippen LogP contribution in [0.2, 0.25) is 0 Å². The number of hydrogen-bond acceptors (Lipinski definition) is 4. The number of hydrogen-bond donors (Lipinski definition) is 2. The molecule has 6 nitrogen and oxygen atoms in total. The van der Waals surface area contributed by atoms with E-state index in [-0.39, 0.29) is 11.3 Å². The summed E-state index contributed by atoms with van der Waals surface area (Å²) in [5, 5.41) is 2.82. The van der Waals surface area contributed by atoms with E-state index in [2.05, 4.69) is 10.0 Å². The Morgan fingerprint density at radius 3 is 2.00 bits per heavy atom. The lowest BCUT2D eigenvalue weighted by molar-refractivity contribution is -0.117. The zero-order chi connectivity index (χ0) is 23.8. The average Bonchev–Trinajstić information content (AvgIpc) is 2.85. The molecule has 1 atom stereocenters. The quantitative estimate of drug-likeness (QED) is 0.359. The van der Waals surface area contributed by atoms with Gasteiger partial charge in [0.25, 0.3) is 0 Å². The number of carbonyl (C=O) groups excluding carboxylic acids is 1. The Labute approximate surface area is 199 Å². The lowest BCUT2D eigenvalue weighted by Crippen LogP contribution is -2.45. The maximum atomic E-state index is 13.2. The summed E-state index contributed by atoms with van der Waals surface area (Å²) in [7, 11) is -3.90. The SMILES string of the molecule is O=C(Nc1cccc(Oc2ccccc2)c1)C(Cc1ccccc1)NS(=O)(=O)c1ccccc1. The summed E-state index contributed by atoms with van der Waals surface area (Å²) in [6.45, 7) is 0. The molecule has 0 aromatic heterocycles. The first-order chi connectivity index (χ1) is 16.5. The van der Waals surface area contributed by atoms with Crippen molar-refractivity contribution in [2.45, 2.75) is 17.4 Å². The van der Waals surface area contributed by atoms with E-state index in [1.165, 1.54) is 12.1 Å². The Bertz CT molecular complexity index is 1330. The van der Waals surface area contributed by atoms with Crippen molar-refractivity contribution < 1.29 is 17.9 Å². The van der Waals surface area contributed by atoms with Crippen LogP contribution in [-0.4, -0.2) is 20.4 Å². The Balaban J connectivity index is 1.54. The summed E-state index contributed by atoms with van der Waals surface area (Å²) in [4.78, 5) is 13.3. The summed E-state index contributed by atoms with van der Waals surface area (Å²) in [6, 6.07) is 32.5. The molecule has 172 valence electrons. The van der Waals surface area contributed by atoms with E-state index in [9.17, 15) is 13.2 Å². The van der Waals surface area contributed by atoms with Gasteiger partial charge >= 0.3 is 0 Å². The lowest BCUT2D eigenvalue weighted by Gasteiger charge is -2.19. The van der Waals surface area contributed by atoms with Gasteiger partial charge in [0.15, 0.2) is 0 Å². The van der Waals surface area contributed by atoms with Crippen molar-refractivity contribution in [2.75, 3.05) is 5.32 Å². The molecule has 1 amide bonds. The molecule has 0 heterocycles. The number of benzene rings is 4. The molecule has 1 unspecified atom stereocenters. The molecule has 0 aliphatic rings. The standard InChI is InChI=1S/C27H24N2O4S/c30-27(28-22-13-10-16-24(20-22)33-23-14-6-2-7-15-23)26(19-21-11-4-1-5-12-21)29-34(31,32)25-17-8-3-9-18-25/h1-18,20,26,29H,19H2,(H,28,30). The molecule has 4 rings (SSSR count). The maximum Gasteiger partial charge on any atom is 0.242 e. The third-order valence-corrected chi connectivity index (χ3v) is 6.52. The van der Waals surface area contributed by atoms with Gasteiger partial charge in [-0.1, -0.05) is 72.8 Å². The van der Waals surface area contributed by atoms with Gasteiger partial charge in [-0.25, -0.2) is 8.42 Å². The van der Waals surface area contributed by atoms with Crippen LogP contribution in [0.1, 0.15) is 5.56 Å². The van der Waals surface area contributed by atoms with Crippen molar-refractivity contribution >= 4 is 21.6 Å². The smallest absolute Gasteiger partial charge is 0.242 e. The van der Waals surface area contributed by atoms with Gasteiger partial charge in [-0.3, -0.25) is 4.79 Å². The van der Waals surface area contributed by atoms with Gasteiger partial charge in [-0.05, 0) is 48.4 Å². The number of rotatable bonds is 9. The van der Waals surface area contributed by atoms with Crippen LogP contribution in [0.3, 0.4) is 0 Å². The Morgan fingerprint density at radius 1 is 0.735 bits per heavy atom. The van der Waals surface area contributed by atoms with Crippen LogP contribution >= 0.6 is 0 Å². The van der Waals surface area contributed by atoms with Gasteiger partial charge in [-0.15, -0.1) is 0 Å². The molecule has 34 heavy (non-hydrogen) atoms. The van der Waals surface area contributed by atoms with E-state index >= 15 is 0 Å². The first kappa shape index (κ1) is 23.2. The van der Waals surface area contributed by atoms with Gasteiger partial charge < -0.3 is 10.1 Å². The largest absolute Gasteiger partial charge is 0.457 e. The number of sulfonamides is 1. The van der Waals surface area contributed by atoms with Crippen LogP contribution in [0.5, 0.6) is 11.5 Å². The van der Waals surface area contributed by atoms with Crippen LogP contribution in [-0.2, 0) is 21.2 Å². The monoisotopic (exact) mass is 472 g/mol. The van der Waals surface area contributed by atoms with Gasteiger partial charge in [0, 0.05) is 11.8 Å². The van der Waals surface area contributed by atoms with Crippen LogP contribution in [0, 0.1) is 0 Å². The van der Waals surface area contributed by atoms with E-state index in [0.717, 1.165) is 5.56 Å². The second kappa shape index (κ2) is 10.8. The van der Waals surface area contributed by atoms with Crippen LogP contribution in [0.15, 0.2) is 120 Å². The highest BCUT2D eigenvalue weighted by Crippen LogP contribution is 2.24. The Hall–Kier alpha value is -3.94. The normalized spacial score (nSPS) is 12.0. The molecule has 0 saturated carbocycles. The third kappa shape index (κ3) is 6.31. The summed E-state index contributed by atoms with van der Waals surface area (Å²) < 4.78 is 34.3. The number of ether oxygens (including phenoxy) is 1. The molecule has 2 N–H and O–H groups in total. The first-order valence-corrected chi connectivity index (χ1v) is 12.2. The number of nitrogens with one attached hydrogen (secondary N) is 2. The van der Waals surface area contributed by atoms with Crippen LogP contribution in [0.25, 0.3) is 0 Å². The van der Waals surface area contributed by atoms with Crippen molar-refractivity contribution in [2.24, 2.45) is 0 Å². The van der Waals surface area contributed by atoms with Gasteiger partial charge in [-0.2, -0.15) is 4.72 Å². The van der Waals surface area contributed by atoms with Crippen molar-refractivity contribution in [3.8, 4) is 11.5 Å². The molecule has 0 saturated heterocycles. The van der Waals surface area contributed by atoms with Gasteiger partial charge in [0.2, 0.25) is 15.9 Å². The van der Waals surface area contributed by atoms with E-state index in [1.54, 1.807) is 42.5 Å². The topological polar surface area (TPSA) is 84.5 Å². The number of carbonyl (C=O) groups is 1. The Morgan fingerprint density at radius 2 is 1.32 bits per heavy atom. The number of anilines is 1. The zero-order valence-electron chi connectivity index (χ0n) is 18.3. The summed E-state index contributed by atoms with van der Waals surface area (Å²) >= 11 is 0. The molecule has 0 radical (unpaired) electrons. The van der Waals surface area contributed by atoms with Crippen molar-refractivity contribution in [1.82, 2.24) is 4.72 Å². The fraction of sp³-hybridized carbons (Fsp3) is 0.0741. The molecule has 0 fully saturated rings. The molecule has 0 spiro atoms. The second-order valence-corrected chi connectivity index (χ2v) is 9.32. The highest BCUT2D eigenvalue weighted by Gasteiger charge is 2.26. The zero-order valence-corrected chi connectivity index (χ0v) is 19.1. The molecular weight excluding hydrogens is 448 g/mol. The molecule has 0 bridgehead atoms. The van der Waals surface area contributed by atoms with E-state index in [0.29, 0.717) is 17.2 Å². The molecule has 0 aliphatic carbocycles. The Kier molecular flexibility index (Phi) is 7.37. The average molecular weight is 473 g/mol. The summed E-state index contributed by atoms with van der Waals surface area (Å²) in [5.74, 6) is 0.747. The molecule has 0 aliphatic heterocycles. The van der Waals surface area contributed by atoms with Crippen LogP contribution < -0.4 is 14.8 Å². The molecular formula is C27H24N2O4S. The molecule has 4 aromatic rings. The van der Waals surface area contributed by atoms with E-state index < -0.39 is 22.0 Å². The van der Waals surface area contributed by atoms with Gasteiger partial charge in [0.05, 0.1) is 4.90 Å². The predicted octanol–water partition coefficient (Wildman–Crippen LogP) is 5.01. The number of para-hydroxylation sites is 1. The fourth-order valence-electron chi connectivity index (χ4n) is 3.38. The van der Waals surface area contributed by atoms with Gasteiger partial charge in [0.1, 0.15) is 17.5 Å². The lowest BCUT2D eigenvalue weighted by atomic mass is 10.1. The molecule has 7 heteroatoms. The predicted molar refractivity (Wildman–Crippen MR) is 132 cm³/mol. The summed E-state index contributed by atoms with van der Waals surface area (Å²) in [6.07, 6.45) is 0.193. The minimum atomic E-state index is -3.90. The van der Waals surface area contributed by atoms with Crippen molar-refractivity contribution in [3.05, 3.63) is 121 Å². The summed E-state index contributed by atoms with van der Waals surface area (Å²) in [5.41, 5.74) is 1.33. The fourth-order valence-corrected chi connectivity index (χ4v) is 4.60.